The zero-order valence-electron chi connectivity index (χ0n) is 11.0. The predicted molar refractivity (Wildman–Crippen MR) is 69.8 cm³/mol. The fourth-order valence-corrected chi connectivity index (χ4v) is 3.79. The molecule has 2 nitrogen and oxygen atoms in total. The van der Waals surface area contributed by atoms with E-state index in [0.29, 0.717) is 5.41 Å². The molecule has 1 atom stereocenters. The van der Waals surface area contributed by atoms with Crippen LogP contribution in [0, 0.1) is 17.3 Å². The van der Waals surface area contributed by atoms with Crippen LogP contribution >= 0.6 is 0 Å². The average molecular weight is 237 g/mol. The lowest BCUT2D eigenvalue weighted by Crippen LogP contribution is -2.33. The molecule has 0 radical (unpaired) electrons. The second kappa shape index (κ2) is 4.89. The van der Waals surface area contributed by atoms with Crippen LogP contribution in [0.4, 0.5) is 0 Å². The van der Waals surface area contributed by atoms with Gasteiger partial charge in [0.15, 0.2) is 0 Å². The molecular formula is C15H27NO. The standard InChI is InChI=1S/C15H27NO/c17-14(9-12-3-1-2-4-12)10-16-11-15(7-8-15)13-5-6-13/h12-14,16-17H,1-11H2. The fraction of sp³-hybridized carbons (Fsp3) is 1.00. The molecule has 3 aliphatic carbocycles. The van der Waals surface area contributed by atoms with Crippen molar-refractivity contribution in [3.05, 3.63) is 0 Å². The van der Waals surface area contributed by atoms with Crippen LogP contribution < -0.4 is 5.32 Å². The van der Waals surface area contributed by atoms with Gasteiger partial charge in [0.05, 0.1) is 6.10 Å². The second-order valence-electron chi connectivity index (χ2n) is 6.81. The second-order valence-corrected chi connectivity index (χ2v) is 6.81. The first-order valence-corrected chi connectivity index (χ1v) is 7.67. The molecule has 3 rings (SSSR count). The molecule has 2 N–H and O–H groups in total. The van der Waals surface area contributed by atoms with Gasteiger partial charge in [-0.25, -0.2) is 0 Å². The highest BCUT2D eigenvalue weighted by molar-refractivity contribution is 5.05. The number of rotatable bonds is 7. The minimum absolute atomic E-state index is 0.104. The van der Waals surface area contributed by atoms with Gasteiger partial charge in [-0.05, 0) is 49.4 Å². The molecule has 0 aromatic rings. The van der Waals surface area contributed by atoms with Crippen LogP contribution in [0.1, 0.15) is 57.8 Å². The van der Waals surface area contributed by atoms with E-state index in [1.54, 1.807) is 0 Å². The Labute approximate surface area is 105 Å². The Morgan fingerprint density at radius 2 is 1.82 bits per heavy atom. The Morgan fingerprint density at radius 1 is 1.12 bits per heavy atom. The van der Waals surface area contributed by atoms with Crippen LogP contribution in [0.5, 0.6) is 0 Å². The van der Waals surface area contributed by atoms with Gasteiger partial charge in [-0.2, -0.15) is 0 Å². The Kier molecular flexibility index (Phi) is 3.45. The molecule has 3 fully saturated rings. The molecule has 98 valence electrons. The van der Waals surface area contributed by atoms with Crippen molar-refractivity contribution in [2.75, 3.05) is 13.1 Å². The monoisotopic (exact) mass is 237 g/mol. The van der Waals surface area contributed by atoms with E-state index >= 15 is 0 Å². The molecule has 3 aliphatic rings. The molecule has 3 saturated carbocycles. The summed E-state index contributed by atoms with van der Waals surface area (Å²) in [4.78, 5) is 0. The van der Waals surface area contributed by atoms with Crippen LogP contribution in [0.3, 0.4) is 0 Å². The van der Waals surface area contributed by atoms with Crippen molar-refractivity contribution in [3.63, 3.8) is 0 Å². The molecule has 0 bridgehead atoms. The van der Waals surface area contributed by atoms with Gasteiger partial charge in [0.25, 0.3) is 0 Å². The summed E-state index contributed by atoms with van der Waals surface area (Å²) in [5, 5.41) is 13.6. The maximum Gasteiger partial charge on any atom is 0.0667 e. The number of hydrogen-bond donors (Lipinski definition) is 2. The maximum absolute atomic E-state index is 10.0. The molecule has 0 saturated heterocycles. The van der Waals surface area contributed by atoms with Crippen molar-refractivity contribution in [2.24, 2.45) is 17.3 Å². The van der Waals surface area contributed by atoms with Gasteiger partial charge in [-0.15, -0.1) is 0 Å². The normalized spacial score (nSPS) is 29.5. The molecule has 0 aromatic carbocycles. The highest BCUT2D eigenvalue weighted by Gasteiger charge is 2.53. The van der Waals surface area contributed by atoms with Crippen molar-refractivity contribution in [3.8, 4) is 0 Å². The van der Waals surface area contributed by atoms with E-state index in [4.69, 9.17) is 0 Å². The van der Waals surface area contributed by atoms with Gasteiger partial charge in [0, 0.05) is 13.1 Å². The predicted octanol–water partition coefficient (Wildman–Crippen LogP) is 2.71. The summed E-state index contributed by atoms with van der Waals surface area (Å²) in [6.07, 6.45) is 12.2. The van der Waals surface area contributed by atoms with Gasteiger partial charge in [-0.3, -0.25) is 0 Å². The molecule has 17 heavy (non-hydrogen) atoms. The summed E-state index contributed by atoms with van der Waals surface area (Å²) in [5.41, 5.74) is 0.674. The first kappa shape index (κ1) is 12.0. The van der Waals surface area contributed by atoms with Gasteiger partial charge in [0.1, 0.15) is 0 Å². The minimum atomic E-state index is -0.104. The van der Waals surface area contributed by atoms with E-state index in [9.17, 15) is 5.11 Å². The molecule has 0 heterocycles. The summed E-state index contributed by atoms with van der Waals surface area (Å²) >= 11 is 0. The summed E-state index contributed by atoms with van der Waals surface area (Å²) in [7, 11) is 0. The van der Waals surface area contributed by atoms with Crippen LogP contribution in [0.25, 0.3) is 0 Å². The molecule has 0 amide bonds. The van der Waals surface area contributed by atoms with Crippen molar-refractivity contribution in [2.45, 2.75) is 63.9 Å². The van der Waals surface area contributed by atoms with Gasteiger partial charge in [0.2, 0.25) is 0 Å². The average Bonchev–Trinajstić information content (AvgIpc) is 3.19. The fourth-order valence-electron chi connectivity index (χ4n) is 3.79. The molecular weight excluding hydrogens is 210 g/mol. The third-order valence-electron chi connectivity index (χ3n) is 5.27. The van der Waals surface area contributed by atoms with E-state index in [2.05, 4.69) is 5.32 Å². The van der Waals surface area contributed by atoms with Crippen LogP contribution in [0.2, 0.25) is 0 Å². The summed E-state index contributed by atoms with van der Waals surface area (Å²) < 4.78 is 0. The van der Waals surface area contributed by atoms with Crippen molar-refractivity contribution < 1.29 is 5.11 Å². The van der Waals surface area contributed by atoms with Crippen molar-refractivity contribution in [1.29, 1.82) is 0 Å². The maximum atomic E-state index is 10.0. The summed E-state index contributed by atoms with van der Waals surface area (Å²) in [6, 6.07) is 0. The van der Waals surface area contributed by atoms with E-state index in [1.165, 1.54) is 57.9 Å². The summed E-state index contributed by atoms with van der Waals surface area (Å²) in [5.74, 6) is 1.84. The zero-order valence-corrected chi connectivity index (χ0v) is 11.0. The minimum Gasteiger partial charge on any atom is -0.392 e. The van der Waals surface area contributed by atoms with E-state index in [-0.39, 0.29) is 6.10 Å². The molecule has 2 heteroatoms. The van der Waals surface area contributed by atoms with Crippen molar-refractivity contribution in [1.82, 2.24) is 5.32 Å². The largest absolute Gasteiger partial charge is 0.392 e. The van der Waals surface area contributed by atoms with Crippen molar-refractivity contribution >= 4 is 0 Å². The highest BCUT2D eigenvalue weighted by Crippen LogP contribution is 2.60. The van der Waals surface area contributed by atoms with Gasteiger partial charge in [-0.1, -0.05) is 25.7 Å². The Morgan fingerprint density at radius 3 is 2.41 bits per heavy atom. The molecule has 1 unspecified atom stereocenters. The third kappa shape index (κ3) is 3.03. The lowest BCUT2D eigenvalue weighted by Gasteiger charge is -2.19. The molecule has 0 aliphatic heterocycles. The first-order chi connectivity index (χ1) is 8.28. The lowest BCUT2D eigenvalue weighted by molar-refractivity contribution is 0.138. The van der Waals surface area contributed by atoms with E-state index in [0.717, 1.165) is 24.8 Å². The SMILES string of the molecule is OC(CNCC1(C2CC2)CC1)CC1CCCC1. The van der Waals surface area contributed by atoms with Gasteiger partial charge >= 0.3 is 0 Å². The Hall–Kier alpha value is -0.0800. The molecule has 0 aromatic heterocycles. The van der Waals surface area contributed by atoms with Crippen LogP contribution in [-0.2, 0) is 0 Å². The number of hydrogen-bond acceptors (Lipinski definition) is 2. The number of aliphatic hydroxyl groups excluding tert-OH is 1. The quantitative estimate of drug-likeness (QED) is 0.713. The Balaban J connectivity index is 1.31. The van der Waals surface area contributed by atoms with E-state index < -0.39 is 0 Å². The zero-order chi connectivity index (χ0) is 11.7. The number of aliphatic hydroxyl groups is 1. The smallest absolute Gasteiger partial charge is 0.0667 e. The van der Waals surface area contributed by atoms with E-state index in [1.807, 2.05) is 0 Å². The van der Waals surface area contributed by atoms with Crippen LogP contribution in [0.15, 0.2) is 0 Å². The molecule has 0 spiro atoms. The first-order valence-electron chi connectivity index (χ1n) is 7.67. The number of nitrogens with one attached hydrogen (secondary N) is 1. The highest BCUT2D eigenvalue weighted by atomic mass is 16.3. The topological polar surface area (TPSA) is 32.3 Å². The lowest BCUT2D eigenvalue weighted by atomic mass is 9.99. The van der Waals surface area contributed by atoms with Gasteiger partial charge < -0.3 is 10.4 Å². The van der Waals surface area contributed by atoms with Crippen LogP contribution in [-0.4, -0.2) is 24.3 Å². The summed E-state index contributed by atoms with van der Waals surface area (Å²) in [6.45, 7) is 1.99. The third-order valence-corrected chi connectivity index (χ3v) is 5.27. The Bertz CT molecular complexity index is 252.